The normalized spacial score (nSPS) is 11.9. The fraction of sp³-hybridized carbons (Fsp3) is 0.130. The van der Waals surface area contributed by atoms with Crippen LogP contribution in [0.5, 0.6) is 17.2 Å². The van der Waals surface area contributed by atoms with Crippen molar-refractivity contribution < 1.29 is 23.4 Å². The van der Waals surface area contributed by atoms with Crippen LogP contribution in [0.15, 0.2) is 76.1 Å². The molecule has 0 saturated carbocycles. The highest BCUT2D eigenvalue weighted by atomic mass is 16.6. The molecule has 6 heteroatoms. The van der Waals surface area contributed by atoms with Crippen LogP contribution in [-0.2, 0) is 9.53 Å². The SMILES string of the molecule is COC(=O)[C@H](C)Oc1ccc2c(=O)c(Oc3ccc4ccccc4c3)coc2c1. The summed E-state index contributed by atoms with van der Waals surface area (Å²) >= 11 is 0. The van der Waals surface area contributed by atoms with E-state index in [1.807, 2.05) is 36.4 Å². The Morgan fingerprint density at radius 3 is 2.52 bits per heavy atom. The van der Waals surface area contributed by atoms with E-state index in [4.69, 9.17) is 13.9 Å². The molecule has 0 amide bonds. The summed E-state index contributed by atoms with van der Waals surface area (Å²) in [5.41, 5.74) is 0.0300. The van der Waals surface area contributed by atoms with E-state index in [9.17, 15) is 9.59 Å². The van der Waals surface area contributed by atoms with Gasteiger partial charge in [-0.25, -0.2) is 4.79 Å². The monoisotopic (exact) mass is 390 g/mol. The summed E-state index contributed by atoms with van der Waals surface area (Å²) in [6.07, 6.45) is 0.493. The molecule has 1 aromatic heterocycles. The standard InChI is InChI=1S/C23H18O6/c1-14(23(25)26-2)28-18-9-10-19-20(12-18)27-13-21(22(19)24)29-17-8-7-15-5-3-4-6-16(15)11-17/h3-14H,1-2H3/t14-/m0/s1. The number of carbonyl (C=O) groups excluding carboxylic acids is 1. The van der Waals surface area contributed by atoms with Crippen molar-refractivity contribution in [3.05, 3.63) is 77.2 Å². The highest BCUT2D eigenvalue weighted by Gasteiger charge is 2.16. The largest absolute Gasteiger partial charge is 0.479 e. The number of esters is 1. The molecular formula is C23H18O6. The summed E-state index contributed by atoms with van der Waals surface area (Å²) in [6.45, 7) is 1.58. The minimum atomic E-state index is -0.778. The smallest absolute Gasteiger partial charge is 0.346 e. The topological polar surface area (TPSA) is 75.0 Å². The Morgan fingerprint density at radius 1 is 0.966 bits per heavy atom. The second-order valence-electron chi connectivity index (χ2n) is 6.48. The van der Waals surface area contributed by atoms with E-state index in [0.717, 1.165) is 10.8 Å². The van der Waals surface area contributed by atoms with Crippen LogP contribution >= 0.6 is 0 Å². The highest BCUT2D eigenvalue weighted by Crippen LogP contribution is 2.27. The number of benzene rings is 3. The molecule has 0 unspecified atom stereocenters. The van der Waals surface area contributed by atoms with Gasteiger partial charge in [0.05, 0.1) is 12.5 Å². The van der Waals surface area contributed by atoms with Crippen LogP contribution in [0.25, 0.3) is 21.7 Å². The second-order valence-corrected chi connectivity index (χ2v) is 6.48. The van der Waals surface area contributed by atoms with Crippen molar-refractivity contribution in [3.8, 4) is 17.2 Å². The zero-order chi connectivity index (χ0) is 20.4. The Hall–Kier alpha value is -3.80. The lowest BCUT2D eigenvalue weighted by Crippen LogP contribution is -2.24. The van der Waals surface area contributed by atoms with E-state index >= 15 is 0 Å². The average molecular weight is 390 g/mol. The molecule has 3 aromatic carbocycles. The van der Waals surface area contributed by atoms with E-state index in [2.05, 4.69) is 4.74 Å². The quantitative estimate of drug-likeness (QED) is 0.461. The zero-order valence-electron chi connectivity index (χ0n) is 15.9. The number of carbonyl (C=O) groups is 1. The molecule has 0 radical (unpaired) electrons. The van der Waals surface area contributed by atoms with Crippen molar-refractivity contribution in [1.29, 1.82) is 0 Å². The van der Waals surface area contributed by atoms with E-state index in [1.54, 1.807) is 31.2 Å². The fourth-order valence-corrected chi connectivity index (χ4v) is 3.01. The van der Waals surface area contributed by atoms with Gasteiger partial charge in [0.25, 0.3) is 0 Å². The molecule has 0 saturated heterocycles. The van der Waals surface area contributed by atoms with E-state index in [-0.39, 0.29) is 11.2 Å². The minimum Gasteiger partial charge on any atom is -0.479 e. The number of hydrogen-bond donors (Lipinski definition) is 0. The zero-order valence-corrected chi connectivity index (χ0v) is 15.9. The highest BCUT2D eigenvalue weighted by molar-refractivity contribution is 5.84. The molecule has 0 bridgehead atoms. The number of fused-ring (bicyclic) bond motifs is 2. The molecule has 0 aliphatic heterocycles. The summed E-state index contributed by atoms with van der Waals surface area (Å²) in [5.74, 6) is 0.527. The Labute approximate surface area is 166 Å². The van der Waals surface area contributed by atoms with Gasteiger partial charge in [0.1, 0.15) is 23.3 Å². The summed E-state index contributed by atoms with van der Waals surface area (Å²) in [5, 5.41) is 2.44. The second kappa shape index (κ2) is 7.67. The summed E-state index contributed by atoms with van der Waals surface area (Å²) < 4.78 is 21.5. The molecule has 0 spiro atoms. The molecule has 0 aliphatic rings. The molecule has 29 heavy (non-hydrogen) atoms. The van der Waals surface area contributed by atoms with Crippen molar-refractivity contribution in [2.75, 3.05) is 7.11 Å². The first kappa shape index (κ1) is 18.6. The van der Waals surface area contributed by atoms with Gasteiger partial charge in [-0.3, -0.25) is 4.79 Å². The van der Waals surface area contributed by atoms with Crippen molar-refractivity contribution in [1.82, 2.24) is 0 Å². The third-order valence-corrected chi connectivity index (χ3v) is 4.51. The lowest BCUT2D eigenvalue weighted by Gasteiger charge is -2.12. The van der Waals surface area contributed by atoms with Crippen LogP contribution in [0.3, 0.4) is 0 Å². The van der Waals surface area contributed by atoms with Crippen molar-refractivity contribution in [2.45, 2.75) is 13.0 Å². The third kappa shape index (κ3) is 3.78. The number of methoxy groups -OCH3 is 1. The van der Waals surface area contributed by atoms with Gasteiger partial charge in [-0.1, -0.05) is 30.3 Å². The molecule has 1 heterocycles. The third-order valence-electron chi connectivity index (χ3n) is 4.51. The summed E-state index contributed by atoms with van der Waals surface area (Å²) in [6, 6.07) is 18.2. The molecule has 146 valence electrons. The Kier molecular flexibility index (Phi) is 4.91. The van der Waals surface area contributed by atoms with Gasteiger partial charge in [0.2, 0.25) is 11.2 Å². The van der Waals surface area contributed by atoms with Crippen LogP contribution in [0.1, 0.15) is 6.92 Å². The molecule has 4 rings (SSSR count). The summed E-state index contributed by atoms with van der Waals surface area (Å²) in [4.78, 5) is 24.3. The van der Waals surface area contributed by atoms with Gasteiger partial charge in [-0.05, 0) is 42.0 Å². The van der Waals surface area contributed by atoms with Gasteiger partial charge in [-0.2, -0.15) is 0 Å². The Morgan fingerprint density at radius 2 is 1.72 bits per heavy atom. The number of hydrogen-bond acceptors (Lipinski definition) is 6. The lowest BCUT2D eigenvalue weighted by atomic mass is 10.1. The lowest BCUT2D eigenvalue weighted by molar-refractivity contribution is -0.147. The molecular weight excluding hydrogens is 372 g/mol. The molecule has 6 nitrogen and oxygen atoms in total. The number of ether oxygens (including phenoxy) is 3. The minimum absolute atomic E-state index is 0.0874. The molecule has 0 fully saturated rings. The first-order valence-corrected chi connectivity index (χ1v) is 9.02. The molecule has 1 atom stereocenters. The maximum absolute atomic E-state index is 12.8. The van der Waals surface area contributed by atoms with Gasteiger partial charge in [0, 0.05) is 6.07 Å². The molecule has 0 N–H and O–H groups in total. The van der Waals surface area contributed by atoms with Crippen LogP contribution < -0.4 is 14.9 Å². The summed E-state index contributed by atoms with van der Waals surface area (Å²) in [7, 11) is 1.29. The van der Waals surface area contributed by atoms with Gasteiger partial charge in [-0.15, -0.1) is 0 Å². The first-order chi connectivity index (χ1) is 14.0. The van der Waals surface area contributed by atoms with Crippen molar-refractivity contribution in [3.63, 3.8) is 0 Å². The number of rotatable bonds is 5. The van der Waals surface area contributed by atoms with Crippen LogP contribution in [0, 0.1) is 0 Å². The maximum atomic E-state index is 12.8. The van der Waals surface area contributed by atoms with E-state index < -0.39 is 12.1 Å². The predicted octanol–water partition coefficient (Wildman–Crippen LogP) is 4.68. The first-order valence-electron chi connectivity index (χ1n) is 9.02. The van der Waals surface area contributed by atoms with Gasteiger partial charge in [0.15, 0.2) is 6.10 Å². The molecule has 4 aromatic rings. The van der Waals surface area contributed by atoms with Crippen molar-refractivity contribution in [2.24, 2.45) is 0 Å². The van der Waals surface area contributed by atoms with Crippen LogP contribution in [-0.4, -0.2) is 19.2 Å². The van der Waals surface area contributed by atoms with E-state index in [0.29, 0.717) is 22.5 Å². The predicted molar refractivity (Wildman–Crippen MR) is 109 cm³/mol. The van der Waals surface area contributed by atoms with Gasteiger partial charge >= 0.3 is 5.97 Å². The Bertz CT molecular complexity index is 1260. The fourth-order valence-electron chi connectivity index (χ4n) is 3.01. The van der Waals surface area contributed by atoms with Crippen molar-refractivity contribution >= 4 is 27.7 Å². The molecule has 0 aliphatic carbocycles. The van der Waals surface area contributed by atoms with Crippen LogP contribution in [0.4, 0.5) is 0 Å². The average Bonchev–Trinajstić information content (AvgIpc) is 2.75. The maximum Gasteiger partial charge on any atom is 0.346 e. The van der Waals surface area contributed by atoms with Gasteiger partial charge < -0.3 is 18.6 Å². The van der Waals surface area contributed by atoms with E-state index in [1.165, 1.54) is 13.4 Å². The van der Waals surface area contributed by atoms with Crippen LogP contribution in [0.2, 0.25) is 0 Å². The Balaban J connectivity index is 1.62.